The molecule has 0 bridgehead atoms. The third-order valence-electron chi connectivity index (χ3n) is 4.38. The molecule has 2 aliphatic rings. The summed E-state index contributed by atoms with van der Waals surface area (Å²) in [5.74, 6) is -1.10. The highest BCUT2D eigenvalue weighted by atomic mass is 35.5. The molecular formula is C16H18ClF3N2O3. The van der Waals surface area contributed by atoms with Gasteiger partial charge in [-0.15, -0.1) is 0 Å². The van der Waals surface area contributed by atoms with Crippen molar-refractivity contribution in [2.75, 3.05) is 38.2 Å². The molecule has 2 aliphatic heterocycles. The number of halogens is 4. The molecule has 2 heterocycles. The molecule has 0 saturated carbocycles. The number of ether oxygens (including phenoxy) is 2. The number of hydrogen-bond acceptors (Lipinski definition) is 4. The van der Waals surface area contributed by atoms with Crippen LogP contribution < -0.4 is 5.32 Å². The third-order valence-corrected chi connectivity index (χ3v) is 4.70. The second-order valence-electron chi connectivity index (χ2n) is 6.09. The number of alkyl halides is 3. The highest BCUT2D eigenvalue weighted by molar-refractivity contribution is 6.34. The first-order valence-corrected chi connectivity index (χ1v) is 8.33. The monoisotopic (exact) mass is 378 g/mol. The van der Waals surface area contributed by atoms with Crippen molar-refractivity contribution in [1.82, 2.24) is 4.90 Å². The first-order chi connectivity index (χ1) is 11.8. The minimum atomic E-state index is -4.60. The first kappa shape index (κ1) is 18.4. The van der Waals surface area contributed by atoms with Gasteiger partial charge in [-0.25, -0.2) is 0 Å². The van der Waals surface area contributed by atoms with E-state index in [0.717, 1.165) is 6.07 Å². The van der Waals surface area contributed by atoms with Crippen molar-refractivity contribution in [3.63, 3.8) is 0 Å². The van der Waals surface area contributed by atoms with E-state index in [2.05, 4.69) is 5.32 Å². The lowest BCUT2D eigenvalue weighted by Crippen LogP contribution is -2.47. The molecule has 1 amide bonds. The van der Waals surface area contributed by atoms with Crippen LogP contribution in [0.2, 0.25) is 5.02 Å². The fourth-order valence-electron chi connectivity index (χ4n) is 3.11. The second-order valence-corrected chi connectivity index (χ2v) is 6.50. The zero-order valence-electron chi connectivity index (χ0n) is 13.4. The molecule has 5 nitrogen and oxygen atoms in total. The van der Waals surface area contributed by atoms with Crippen molar-refractivity contribution >= 4 is 23.2 Å². The normalized spacial score (nSPS) is 20.8. The molecule has 1 N–H and O–H groups in total. The molecule has 0 radical (unpaired) electrons. The van der Waals surface area contributed by atoms with E-state index in [1.54, 1.807) is 0 Å². The van der Waals surface area contributed by atoms with Crippen molar-refractivity contribution in [1.29, 1.82) is 0 Å². The Balaban J connectivity index is 1.60. The number of nitrogens with zero attached hydrogens (tertiary/aromatic N) is 1. The van der Waals surface area contributed by atoms with Crippen molar-refractivity contribution < 1.29 is 27.4 Å². The van der Waals surface area contributed by atoms with Gasteiger partial charge in [0.15, 0.2) is 5.79 Å². The van der Waals surface area contributed by atoms with Gasteiger partial charge >= 0.3 is 6.18 Å². The molecule has 25 heavy (non-hydrogen) atoms. The van der Waals surface area contributed by atoms with Crippen LogP contribution in [0.1, 0.15) is 18.4 Å². The second kappa shape index (κ2) is 7.11. The molecule has 3 rings (SSSR count). The predicted octanol–water partition coefficient (Wildman–Crippen LogP) is 3.14. The Labute approximate surface area is 148 Å². The minimum absolute atomic E-state index is 0.0153. The summed E-state index contributed by atoms with van der Waals surface area (Å²) in [5.41, 5.74) is -1.36. The number of piperidine rings is 1. The largest absolute Gasteiger partial charge is 0.418 e. The van der Waals surface area contributed by atoms with Gasteiger partial charge in [-0.3, -0.25) is 9.69 Å². The van der Waals surface area contributed by atoms with Gasteiger partial charge in [0.1, 0.15) is 0 Å². The molecule has 0 unspecified atom stereocenters. The molecular weight excluding hydrogens is 361 g/mol. The van der Waals surface area contributed by atoms with E-state index >= 15 is 0 Å². The van der Waals surface area contributed by atoms with E-state index in [9.17, 15) is 18.0 Å². The smallest absolute Gasteiger partial charge is 0.347 e. The van der Waals surface area contributed by atoms with E-state index < -0.39 is 29.1 Å². The molecule has 1 spiro atoms. The van der Waals surface area contributed by atoms with Crippen LogP contribution >= 0.6 is 11.6 Å². The van der Waals surface area contributed by atoms with Crippen molar-refractivity contribution in [3.05, 3.63) is 28.8 Å². The molecule has 0 aliphatic carbocycles. The zero-order chi connectivity index (χ0) is 18.1. The Morgan fingerprint density at radius 2 is 1.88 bits per heavy atom. The Bertz CT molecular complexity index is 638. The van der Waals surface area contributed by atoms with Crippen LogP contribution in [0, 0.1) is 0 Å². The maximum Gasteiger partial charge on any atom is 0.418 e. The number of carbonyl (C=O) groups excluding carboxylic acids is 1. The maximum atomic E-state index is 13.1. The molecule has 9 heteroatoms. The number of likely N-dealkylation sites (tertiary alicyclic amines) is 1. The number of benzene rings is 1. The van der Waals surface area contributed by atoms with Gasteiger partial charge in [-0.2, -0.15) is 13.2 Å². The number of nitrogens with one attached hydrogen (secondary N) is 1. The molecule has 0 aromatic heterocycles. The minimum Gasteiger partial charge on any atom is -0.347 e. The summed E-state index contributed by atoms with van der Waals surface area (Å²) in [7, 11) is 0. The lowest BCUT2D eigenvalue weighted by atomic mass is 10.0. The summed E-state index contributed by atoms with van der Waals surface area (Å²) in [4.78, 5) is 14.0. The Kier molecular flexibility index (Phi) is 5.24. The average Bonchev–Trinajstić information content (AvgIpc) is 2.99. The Morgan fingerprint density at radius 1 is 1.24 bits per heavy atom. The van der Waals surface area contributed by atoms with Crippen LogP contribution in [0.25, 0.3) is 0 Å². The van der Waals surface area contributed by atoms with Crippen LogP contribution in [-0.2, 0) is 20.4 Å². The first-order valence-electron chi connectivity index (χ1n) is 7.95. The molecule has 2 saturated heterocycles. The number of para-hydroxylation sites is 1. The van der Waals surface area contributed by atoms with Gasteiger partial charge in [-0.05, 0) is 12.1 Å². The average molecular weight is 379 g/mol. The van der Waals surface area contributed by atoms with Gasteiger partial charge in [-0.1, -0.05) is 17.7 Å². The van der Waals surface area contributed by atoms with Gasteiger partial charge in [0.25, 0.3) is 0 Å². The molecule has 0 atom stereocenters. The maximum absolute atomic E-state index is 13.1. The number of hydrogen-bond donors (Lipinski definition) is 1. The Hall–Kier alpha value is -1.35. The summed E-state index contributed by atoms with van der Waals surface area (Å²) in [6, 6.07) is 3.40. The van der Waals surface area contributed by atoms with Crippen LogP contribution in [0.5, 0.6) is 0 Å². The van der Waals surface area contributed by atoms with E-state index in [1.807, 2.05) is 4.90 Å². The third kappa shape index (κ3) is 4.25. The van der Waals surface area contributed by atoms with E-state index in [-0.39, 0.29) is 11.6 Å². The van der Waals surface area contributed by atoms with Crippen molar-refractivity contribution in [3.8, 4) is 0 Å². The van der Waals surface area contributed by atoms with E-state index in [1.165, 1.54) is 12.1 Å². The van der Waals surface area contributed by atoms with Crippen molar-refractivity contribution in [2.24, 2.45) is 0 Å². The summed E-state index contributed by atoms with van der Waals surface area (Å²) < 4.78 is 50.4. The van der Waals surface area contributed by atoms with Gasteiger partial charge in [0, 0.05) is 25.9 Å². The van der Waals surface area contributed by atoms with Crippen LogP contribution in [0.3, 0.4) is 0 Å². The number of rotatable bonds is 3. The summed E-state index contributed by atoms with van der Waals surface area (Å²) in [6.07, 6.45) is -3.34. The van der Waals surface area contributed by atoms with E-state index in [0.29, 0.717) is 39.1 Å². The predicted molar refractivity (Wildman–Crippen MR) is 85.4 cm³/mol. The fourth-order valence-corrected chi connectivity index (χ4v) is 3.33. The van der Waals surface area contributed by atoms with Gasteiger partial charge < -0.3 is 14.8 Å². The summed E-state index contributed by atoms with van der Waals surface area (Å²) in [5, 5.41) is 2.15. The highest BCUT2D eigenvalue weighted by Gasteiger charge is 2.40. The molecule has 138 valence electrons. The zero-order valence-corrected chi connectivity index (χ0v) is 14.1. The molecule has 2 fully saturated rings. The van der Waals surface area contributed by atoms with Gasteiger partial charge in [0.2, 0.25) is 5.91 Å². The molecule has 1 aromatic rings. The number of carbonyl (C=O) groups is 1. The quantitative estimate of drug-likeness (QED) is 0.878. The fraction of sp³-hybridized carbons (Fsp3) is 0.562. The summed E-state index contributed by atoms with van der Waals surface area (Å²) in [6.45, 7) is 2.25. The van der Waals surface area contributed by atoms with Crippen LogP contribution in [0.4, 0.5) is 18.9 Å². The summed E-state index contributed by atoms with van der Waals surface area (Å²) >= 11 is 5.84. The molecule has 1 aromatic carbocycles. The lowest BCUT2D eigenvalue weighted by Gasteiger charge is -2.37. The number of amides is 1. The van der Waals surface area contributed by atoms with E-state index in [4.69, 9.17) is 21.1 Å². The highest BCUT2D eigenvalue weighted by Crippen LogP contribution is 2.38. The van der Waals surface area contributed by atoms with Gasteiger partial charge in [0.05, 0.1) is 36.0 Å². The lowest BCUT2D eigenvalue weighted by molar-refractivity contribution is -0.185. The topological polar surface area (TPSA) is 50.8 Å². The van der Waals surface area contributed by atoms with Crippen molar-refractivity contribution in [2.45, 2.75) is 24.8 Å². The van der Waals surface area contributed by atoms with Crippen LogP contribution in [-0.4, -0.2) is 49.4 Å². The van der Waals surface area contributed by atoms with Crippen LogP contribution in [0.15, 0.2) is 18.2 Å². The SMILES string of the molecule is O=C(CN1CCC2(CC1)OCCO2)Nc1c(Cl)cccc1C(F)(F)F. The Morgan fingerprint density at radius 3 is 2.48 bits per heavy atom. The number of anilines is 1. The standard InChI is InChI=1S/C16H18ClF3N2O3/c17-12-3-1-2-11(16(18,19)20)14(12)21-13(23)10-22-6-4-15(5-7-22)24-8-9-25-15/h1-3H,4-10H2,(H,21,23).